The molecule has 1 saturated heterocycles. The van der Waals surface area contributed by atoms with Crippen molar-refractivity contribution in [3.05, 3.63) is 36.0 Å². The lowest BCUT2D eigenvalue weighted by Crippen LogP contribution is -2.33. The van der Waals surface area contributed by atoms with E-state index >= 15 is 0 Å². The minimum Gasteiger partial charge on any atom is -0.361 e. The number of nitrogens with zero attached hydrogens (tertiary/aromatic N) is 1. The average molecular weight is 390 g/mol. The molecule has 2 N–H and O–H groups in total. The Labute approximate surface area is 170 Å². The number of piperidine rings is 1. The molecule has 2 fully saturated rings. The molecule has 0 atom stereocenters. The van der Waals surface area contributed by atoms with Crippen molar-refractivity contribution >= 4 is 23.3 Å². The van der Waals surface area contributed by atoms with E-state index in [-0.39, 0.29) is 12.4 Å². The van der Waals surface area contributed by atoms with Crippen molar-refractivity contribution in [1.82, 2.24) is 15.2 Å². The monoisotopic (exact) mass is 389 g/mol. The fourth-order valence-electron chi connectivity index (χ4n) is 5.03. The molecule has 150 valence electrons. The third kappa shape index (κ3) is 5.49. The highest BCUT2D eigenvalue weighted by Crippen LogP contribution is 2.38. The number of para-hydroxylation sites is 1. The van der Waals surface area contributed by atoms with E-state index in [0.717, 1.165) is 11.8 Å². The van der Waals surface area contributed by atoms with Crippen LogP contribution in [0.25, 0.3) is 10.9 Å². The molecule has 0 radical (unpaired) electrons. The van der Waals surface area contributed by atoms with Crippen LogP contribution in [0.1, 0.15) is 62.8 Å². The van der Waals surface area contributed by atoms with Crippen LogP contribution >= 0.6 is 12.4 Å². The van der Waals surface area contributed by atoms with E-state index in [4.69, 9.17) is 0 Å². The number of H-pyrrole nitrogens is 1. The number of aromatic nitrogens is 1. The zero-order valence-corrected chi connectivity index (χ0v) is 17.4. The summed E-state index contributed by atoms with van der Waals surface area (Å²) < 4.78 is 0. The molecule has 2 heterocycles. The number of nitrogens with one attached hydrogen (secondary N) is 2. The van der Waals surface area contributed by atoms with Gasteiger partial charge < -0.3 is 15.2 Å². The second-order valence-electron chi connectivity index (χ2n) is 8.47. The summed E-state index contributed by atoms with van der Waals surface area (Å²) in [5.74, 6) is 1.63. The lowest BCUT2D eigenvalue weighted by atomic mass is 9.78. The van der Waals surface area contributed by atoms with Gasteiger partial charge in [-0.05, 0) is 101 Å². The zero-order valence-electron chi connectivity index (χ0n) is 16.6. The Morgan fingerprint density at radius 1 is 1.00 bits per heavy atom. The molecular weight excluding hydrogens is 354 g/mol. The summed E-state index contributed by atoms with van der Waals surface area (Å²) in [6, 6.07) is 8.75. The van der Waals surface area contributed by atoms with E-state index in [1.165, 1.54) is 95.0 Å². The molecule has 0 unspecified atom stereocenters. The highest BCUT2D eigenvalue weighted by molar-refractivity contribution is 5.85. The van der Waals surface area contributed by atoms with Crippen LogP contribution in [0.4, 0.5) is 0 Å². The topological polar surface area (TPSA) is 31.1 Å². The Kier molecular flexibility index (Phi) is 8.05. The SMILES string of the molecule is Cl.c1ccc2c(C3CCC(CNCCCN4CCCCC4)CC3)c[nH]c2c1. The van der Waals surface area contributed by atoms with Crippen molar-refractivity contribution in [2.75, 3.05) is 32.7 Å². The molecular formula is C23H36ClN3. The van der Waals surface area contributed by atoms with Gasteiger partial charge in [-0.1, -0.05) is 24.6 Å². The normalized spacial score (nSPS) is 24.0. The number of fused-ring (bicyclic) bond motifs is 1. The molecule has 0 spiro atoms. The Morgan fingerprint density at radius 3 is 2.59 bits per heavy atom. The third-order valence-corrected chi connectivity index (χ3v) is 6.62. The van der Waals surface area contributed by atoms with Gasteiger partial charge in [0.05, 0.1) is 0 Å². The molecule has 0 amide bonds. The van der Waals surface area contributed by atoms with Crippen LogP contribution < -0.4 is 5.32 Å². The van der Waals surface area contributed by atoms with Crippen LogP contribution in [0.2, 0.25) is 0 Å². The molecule has 2 aromatic rings. The summed E-state index contributed by atoms with van der Waals surface area (Å²) in [7, 11) is 0. The molecule has 2 aliphatic rings. The first-order valence-corrected chi connectivity index (χ1v) is 10.9. The summed E-state index contributed by atoms with van der Waals surface area (Å²) in [5.41, 5.74) is 2.84. The van der Waals surface area contributed by atoms with E-state index in [1.807, 2.05) is 0 Å². The van der Waals surface area contributed by atoms with Crippen molar-refractivity contribution < 1.29 is 0 Å². The van der Waals surface area contributed by atoms with Crippen molar-refractivity contribution in [3.8, 4) is 0 Å². The molecule has 1 aliphatic carbocycles. The maximum atomic E-state index is 3.74. The highest BCUT2D eigenvalue weighted by Gasteiger charge is 2.23. The fourth-order valence-corrected chi connectivity index (χ4v) is 5.03. The standard InChI is InChI=1S/C23H35N3.ClH/c1-4-14-26(15-5-1)16-6-13-24-17-19-9-11-20(12-10-19)22-18-25-23-8-3-2-7-21(22)23;/h2-3,7-8,18-20,24-25H,1,4-6,9-17H2;1H. The molecule has 1 aromatic heterocycles. The predicted molar refractivity (Wildman–Crippen MR) is 118 cm³/mol. The summed E-state index contributed by atoms with van der Waals surface area (Å²) >= 11 is 0. The van der Waals surface area contributed by atoms with Gasteiger partial charge in [-0.15, -0.1) is 12.4 Å². The molecule has 1 aromatic carbocycles. The van der Waals surface area contributed by atoms with Gasteiger partial charge in [0.25, 0.3) is 0 Å². The average Bonchev–Trinajstić information content (AvgIpc) is 3.13. The Balaban J connectivity index is 0.00000210. The maximum absolute atomic E-state index is 3.74. The maximum Gasteiger partial charge on any atom is 0.0456 e. The predicted octanol–water partition coefficient (Wildman–Crippen LogP) is 5.33. The van der Waals surface area contributed by atoms with Crippen molar-refractivity contribution in [3.63, 3.8) is 0 Å². The van der Waals surface area contributed by atoms with Crippen LogP contribution in [-0.2, 0) is 0 Å². The van der Waals surface area contributed by atoms with Gasteiger partial charge in [-0.2, -0.15) is 0 Å². The molecule has 1 saturated carbocycles. The van der Waals surface area contributed by atoms with Crippen LogP contribution in [-0.4, -0.2) is 42.6 Å². The van der Waals surface area contributed by atoms with Crippen LogP contribution in [0.3, 0.4) is 0 Å². The Hall–Kier alpha value is -1.03. The van der Waals surface area contributed by atoms with Crippen molar-refractivity contribution in [1.29, 1.82) is 0 Å². The third-order valence-electron chi connectivity index (χ3n) is 6.62. The second kappa shape index (κ2) is 10.5. The van der Waals surface area contributed by atoms with E-state index in [1.54, 1.807) is 5.56 Å². The minimum absolute atomic E-state index is 0. The fraction of sp³-hybridized carbons (Fsp3) is 0.652. The van der Waals surface area contributed by atoms with Crippen LogP contribution in [0, 0.1) is 5.92 Å². The summed E-state index contributed by atoms with van der Waals surface area (Å²) in [5, 5.41) is 5.18. The van der Waals surface area contributed by atoms with Crippen LogP contribution in [0.5, 0.6) is 0 Å². The van der Waals surface area contributed by atoms with Gasteiger partial charge in [0, 0.05) is 17.1 Å². The quantitative estimate of drug-likeness (QED) is 0.627. The number of rotatable bonds is 7. The number of benzene rings is 1. The van der Waals surface area contributed by atoms with Crippen molar-refractivity contribution in [2.24, 2.45) is 5.92 Å². The number of hydrogen-bond donors (Lipinski definition) is 2. The van der Waals surface area contributed by atoms with E-state index < -0.39 is 0 Å². The molecule has 1 aliphatic heterocycles. The molecule has 4 rings (SSSR count). The first-order chi connectivity index (χ1) is 12.9. The molecule has 3 nitrogen and oxygen atoms in total. The highest BCUT2D eigenvalue weighted by atomic mass is 35.5. The van der Waals surface area contributed by atoms with Gasteiger partial charge >= 0.3 is 0 Å². The lowest BCUT2D eigenvalue weighted by molar-refractivity contribution is 0.224. The smallest absolute Gasteiger partial charge is 0.0456 e. The van der Waals surface area contributed by atoms with Gasteiger partial charge in [-0.3, -0.25) is 0 Å². The molecule has 27 heavy (non-hydrogen) atoms. The zero-order chi connectivity index (χ0) is 17.6. The first-order valence-electron chi connectivity index (χ1n) is 10.9. The summed E-state index contributed by atoms with van der Waals surface area (Å²) in [4.78, 5) is 6.11. The molecule has 4 heteroatoms. The first kappa shape index (κ1) is 20.7. The van der Waals surface area contributed by atoms with E-state index in [9.17, 15) is 0 Å². The van der Waals surface area contributed by atoms with E-state index in [0.29, 0.717) is 0 Å². The Bertz CT molecular complexity index is 669. The van der Waals surface area contributed by atoms with E-state index in [2.05, 4.69) is 45.7 Å². The second-order valence-corrected chi connectivity index (χ2v) is 8.47. The van der Waals surface area contributed by atoms with Gasteiger partial charge in [0.15, 0.2) is 0 Å². The van der Waals surface area contributed by atoms with Crippen LogP contribution in [0.15, 0.2) is 30.5 Å². The number of halogens is 1. The minimum atomic E-state index is 0. The van der Waals surface area contributed by atoms with Gasteiger partial charge in [0.2, 0.25) is 0 Å². The van der Waals surface area contributed by atoms with Gasteiger partial charge in [-0.25, -0.2) is 0 Å². The lowest BCUT2D eigenvalue weighted by Gasteiger charge is -2.29. The Morgan fingerprint density at radius 2 is 1.78 bits per heavy atom. The van der Waals surface area contributed by atoms with Gasteiger partial charge in [0.1, 0.15) is 0 Å². The number of aromatic amines is 1. The number of likely N-dealkylation sites (tertiary alicyclic amines) is 1. The summed E-state index contributed by atoms with van der Waals surface area (Å²) in [6.45, 7) is 6.37. The summed E-state index contributed by atoms with van der Waals surface area (Å²) in [6.07, 6.45) is 13.3. The number of hydrogen-bond acceptors (Lipinski definition) is 2. The van der Waals surface area contributed by atoms with Crippen molar-refractivity contribution in [2.45, 2.75) is 57.3 Å². The largest absolute Gasteiger partial charge is 0.361 e. The molecule has 0 bridgehead atoms.